The van der Waals surface area contributed by atoms with Gasteiger partial charge < -0.3 is 10.1 Å². The van der Waals surface area contributed by atoms with E-state index in [2.05, 4.69) is 41.5 Å². The molecule has 1 N–H and O–H groups in total. The molecule has 3 rings (SSSR count). The molecule has 4 nitrogen and oxygen atoms in total. The number of fused-ring (bicyclic) bond motifs is 1. The standard InChI is InChI=1S/C21H26N2O2/c1-23-15-17-9-10-20(25-2)13-18(17)12-19(23)14-22-21(24)11-8-16-6-4-3-5-7-16/h3-7,9-10,13,19H,8,11-12,14-15H2,1-2H3,(H,22,24)/t19-/m0/s1. The van der Waals surface area contributed by atoms with Crippen LogP contribution in [-0.2, 0) is 24.2 Å². The monoisotopic (exact) mass is 338 g/mol. The van der Waals surface area contributed by atoms with Gasteiger partial charge in [-0.1, -0.05) is 36.4 Å². The van der Waals surface area contributed by atoms with E-state index in [0.29, 0.717) is 19.0 Å². The molecule has 0 bridgehead atoms. The molecule has 132 valence electrons. The van der Waals surface area contributed by atoms with Crippen molar-refractivity contribution < 1.29 is 9.53 Å². The topological polar surface area (TPSA) is 41.6 Å². The minimum Gasteiger partial charge on any atom is -0.497 e. The van der Waals surface area contributed by atoms with Gasteiger partial charge in [0.1, 0.15) is 5.75 Å². The highest BCUT2D eigenvalue weighted by molar-refractivity contribution is 5.76. The van der Waals surface area contributed by atoms with Crippen LogP contribution in [0.2, 0.25) is 0 Å². The van der Waals surface area contributed by atoms with Crippen LogP contribution < -0.4 is 10.1 Å². The summed E-state index contributed by atoms with van der Waals surface area (Å²) in [4.78, 5) is 14.5. The van der Waals surface area contributed by atoms with Crippen LogP contribution in [0, 0.1) is 0 Å². The lowest BCUT2D eigenvalue weighted by molar-refractivity contribution is -0.121. The average molecular weight is 338 g/mol. The summed E-state index contributed by atoms with van der Waals surface area (Å²) in [7, 11) is 3.81. The fourth-order valence-corrected chi connectivity index (χ4v) is 3.33. The summed E-state index contributed by atoms with van der Waals surface area (Å²) in [5.41, 5.74) is 3.87. The van der Waals surface area contributed by atoms with Crippen molar-refractivity contribution in [1.29, 1.82) is 0 Å². The SMILES string of the molecule is COc1ccc2c(c1)C[C@@H](CNC(=O)CCc1ccccc1)N(C)C2. The average Bonchev–Trinajstić information content (AvgIpc) is 2.65. The predicted molar refractivity (Wildman–Crippen MR) is 99.7 cm³/mol. The highest BCUT2D eigenvalue weighted by Crippen LogP contribution is 2.25. The fourth-order valence-electron chi connectivity index (χ4n) is 3.33. The van der Waals surface area contributed by atoms with Crippen LogP contribution in [0.15, 0.2) is 48.5 Å². The summed E-state index contributed by atoms with van der Waals surface area (Å²) >= 11 is 0. The van der Waals surface area contributed by atoms with Crippen LogP contribution in [0.3, 0.4) is 0 Å². The normalized spacial score (nSPS) is 17.0. The zero-order chi connectivity index (χ0) is 17.6. The molecule has 1 amide bonds. The number of amides is 1. The minimum atomic E-state index is 0.119. The summed E-state index contributed by atoms with van der Waals surface area (Å²) in [5, 5.41) is 3.10. The maximum absolute atomic E-state index is 12.2. The van der Waals surface area contributed by atoms with Gasteiger partial charge >= 0.3 is 0 Å². The minimum absolute atomic E-state index is 0.119. The molecule has 0 fully saturated rings. The van der Waals surface area contributed by atoms with Crippen molar-refractivity contribution in [2.75, 3.05) is 20.7 Å². The summed E-state index contributed by atoms with van der Waals surface area (Å²) < 4.78 is 5.33. The lowest BCUT2D eigenvalue weighted by atomic mass is 9.94. The number of likely N-dealkylation sites (N-methyl/N-ethyl adjacent to an activating group) is 1. The van der Waals surface area contributed by atoms with Crippen molar-refractivity contribution in [2.24, 2.45) is 0 Å². The number of nitrogens with zero attached hydrogens (tertiary/aromatic N) is 1. The zero-order valence-corrected chi connectivity index (χ0v) is 15.0. The van der Waals surface area contributed by atoms with Crippen molar-refractivity contribution in [3.05, 3.63) is 65.2 Å². The molecule has 0 aliphatic carbocycles. The predicted octanol–water partition coefficient (Wildman–Crippen LogP) is 2.80. The number of hydrogen-bond acceptors (Lipinski definition) is 3. The number of carbonyl (C=O) groups excluding carboxylic acids is 1. The Morgan fingerprint density at radius 1 is 1.20 bits per heavy atom. The molecule has 1 atom stereocenters. The first-order valence-corrected chi connectivity index (χ1v) is 8.82. The molecule has 25 heavy (non-hydrogen) atoms. The van der Waals surface area contributed by atoms with Gasteiger partial charge in [-0.05, 0) is 48.7 Å². The third-order valence-electron chi connectivity index (χ3n) is 4.93. The quantitative estimate of drug-likeness (QED) is 0.881. The number of methoxy groups -OCH3 is 1. The number of benzene rings is 2. The van der Waals surface area contributed by atoms with Crippen LogP contribution in [0.5, 0.6) is 5.75 Å². The summed E-state index contributed by atoms with van der Waals surface area (Å²) in [6.07, 6.45) is 2.25. The number of nitrogens with one attached hydrogen (secondary N) is 1. The number of hydrogen-bond donors (Lipinski definition) is 1. The van der Waals surface area contributed by atoms with Gasteiger partial charge in [0.15, 0.2) is 0 Å². The van der Waals surface area contributed by atoms with E-state index in [1.165, 1.54) is 16.7 Å². The van der Waals surface area contributed by atoms with Gasteiger partial charge in [-0.25, -0.2) is 0 Å². The van der Waals surface area contributed by atoms with E-state index in [1.807, 2.05) is 24.3 Å². The molecule has 2 aromatic carbocycles. The van der Waals surface area contributed by atoms with E-state index < -0.39 is 0 Å². The fraction of sp³-hybridized carbons (Fsp3) is 0.381. The van der Waals surface area contributed by atoms with Crippen LogP contribution in [-0.4, -0.2) is 37.6 Å². The highest BCUT2D eigenvalue weighted by atomic mass is 16.5. The molecule has 1 heterocycles. The molecule has 0 aromatic heterocycles. The van der Waals surface area contributed by atoms with E-state index in [-0.39, 0.29) is 5.91 Å². The Morgan fingerprint density at radius 2 is 2.00 bits per heavy atom. The van der Waals surface area contributed by atoms with E-state index in [1.54, 1.807) is 7.11 Å². The van der Waals surface area contributed by atoms with Crippen LogP contribution in [0.1, 0.15) is 23.1 Å². The van der Waals surface area contributed by atoms with E-state index in [9.17, 15) is 4.79 Å². The number of rotatable bonds is 6. The maximum Gasteiger partial charge on any atom is 0.220 e. The van der Waals surface area contributed by atoms with Crippen LogP contribution in [0.4, 0.5) is 0 Å². The van der Waals surface area contributed by atoms with Gasteiger partial charge in [0.2, 0.25) is 5.91 Å². The van der Waals surface area contributed by atoms with Gasteiger partial charge in [0.05, 0.1) is 7.11 Å². The second-order valence-electron chi connectivity index (χ2n) is 6.70. The Hall–Kier alpha value is -2.33. The Kier molecular flexibility index (Phi) is 5.71. The molecule has 0 unspecified atom stereocenters. The molecule has 0 spiro atoms. The van der Waals surface area contributed by atoms with Crippen molar-refractivity contribution in [1.82, 2.24) is 10.2 Å². The number of carbonyl (C=O) groups is 1. The molecule has 4 heteroatoms. The van der Waals surface area contributed by atoms with Crippen LogP contribution in [0.25, 0.3) is 0 Å². The molecule has 1 aliphatic heterocycles. The van der Waals surface area contributed by atoms with Gasteiger partial charge in [0.25, 0.3) is 0 Å². The zero-order valence-electron chi connectivity index (χ0n) is 15.0. The van der Waals surface area contributed by atoms with E-state index >= 15 is 0 Å². The third kappa shape index (κ3) is 4.60. The molecular formula is C21H26N2O2. The van der Waals surface area contributed by atoms with Crippen molar-refractivity contribution in [2.45, 2.75) is 31.8 Å². The number of aryl methyl sites for hydroxylation is 1. The largest absolute Gasteiger partial charge is 0.497 e. The Balaban J connectivity index is 1.51. The van der Waals surface area contributed by atoms with Crippen molar-refractivity contribution in [3.8, 4) is 5.75 Å². The molecule has 0 radical (unpaired) electrons. The van der Waals surface area contributed by atoms with Gasteiger partial charge in [-0.15, -0.1) is 0 Å². The second kappa shape index (κ2) is 8.17. The Morgan fingerprint density at radius 3 is 2.76 bits per heavy atom. The summed E-state index contributed by atoms with van der Waals surface area (Å²) in [6, 6.07) is 16.7. The van der Waals surface area contributed by atoms with Gasteiger partial charge in [-0.2, -0.15) is 0 Å². The summed E-state index contributed by atoms with van der Waals surface area (Å²) in [5.74, 6) is 1.02. The number of ether oxygens (including phenoxy) is 1. The lowest BCUT2D eigenvalue weighted by Gasteiger charge is -2.34. The van der Waals surface area contributed by atoms with Crippen LogP contribution >= 0.6 is 0 Å². The van der Waals surface area contributed by atoms with Crippen molar-refractivity contribution >= 4 is 5.91 Å². The first-order chi connectivity index (χ1) is 12.2. The first kappa shape index (κ1) is 17.5. The molecular weight excluding hydrogens is 312 g/mol. The second-order valence-corrected chi connectivity index (χ2v) is 6.70. The maximum atomic E-state index is 12.2. The van der Waals surface area contributed by atoms with E-state index in [0.717, 1.165) is 25.1 Å². The van der Waals surface area contributed by atoms with Crippen molar-refractivity contribution in [3.63, 3.8) is 0 Å². The highest BCUT2D eigenvalue weighted by Gasteiger charge is 2.24. The smallest absolute Gasteiger partial charge is 0.220 e. The lowest BCUT2D eigenvalue weighted by Crippen LogP contribution is -2.45. The summed E-state index contributed by atoms with van der Waals surface area (Å²) in [6.45, 7) is 1.59. The third-order valence-corrected chi connectivity index (χ3v) is 4.93. The molecule has 0 saturated carbocycles. The molecule has 2 aromatic rings. The Bertz CT molecular complexity index is 715. The Labute approximate surface area is 149 Å². The first-order valence-electron chi connectivity index (χ1n) is 8.82. The van der Waals surface area contributed by atoms with Gasteiger partial charge in [-0.3, -0.25) is 9.69 Å². The molecule has 0 saturated heterocycles. The molecule has 1 aliphatic rings. The van der Waals surface area contributed by atoms with E-state index in [4.69, 9.17) is 4.74 Å². The van der Waals surface area contributed by atoms with Gasteiger partial charge in [0, 0.05) is 25.6 Å².